The van der Waals surface area contributed by atoms with Crippen LogP contribution in [0.4, 0.5) is 0 Å². The predicted octanol–water partition coefficient (Wildman–Crippen LogP) is 2.34. The van der Waals surface area contributed by atoms with E-state index >= 15 is 0 Å². The minimum absolute atomic E-state index is 0.00333. The van der Waals surface area contributed by atoms with Crippen molar-refractivity contribution in [3.8, 4) is 11.4 Å². The van der Waals surface area contributed by atoms with Crippen molar-refractivity contribution >= 4 is 5.91 Å². The van der Waals surface area contributed by atoms with E-state index in [4.69, 9.17) is 4.74 Å². The highest BCUT2D eigenvalue weighted by atomic mass is 16.5. The van der Waals surface area contributed by atoms with E-state index in [2.05, 4.69) is 21.9 Å². The lowest BCUT2D eigenvalue weighted by atomic mass is 10.2. The lowest BCUT2D eigenvalue weighted by molar-refractivity contribution is 0.0711. The second-order valence-electron chi connectivity index (χ2n) is 5.77. The second kappa shape index (κ2) is 5.88. The van der Waals surface area contributed by atoms with Gasteiger partial charge in [0.25, 0.3) is 5.91 Å². The summed E-state index contributed by atoms with van der Waals surface area (Å²) in [5.74, 6) is 0.721. The monoisotopic (exact) mass is 322 g/mol. The summed E-state index contributed by atoms with van der Waals surface area (Å²) in [6.07, 6.45) is 5.42. The third-order valence-electron chi connectivity index (χ3n) is 4.34. The van der Waals surface area contributed by atoms with Gasteiger partial charge < -0.3 is 14.2 Å². The number of para-hydroxylation sites is 2. The van der Waals surface area contributed by atoms with E-state index in [1.807, 2.05) is 35.2 Å². The molecule has 0 unspecified atom stereocenters. The average molecular weight is 322 g/mol. The van der Waals surface area contributed by atoms with Crippen LogP contribution in [0.25, 0.3) is 5.69 Å². The van der Waals surface area contributed by atoms with Gasteiger partial charge in [-0.25, -0.2) is 4.68 Å². The summed E-state index contributed by atoms with van der Waals surface area (Å²) in [4.78, 5) is 14.6. The predicted molar refractivity (Wildman–Crippen MR) is 89.3 cm³/mol. The maximum Gasteiger partial charge on any atom is 0.257 e. The fourth-order valence-electron chi connectivity index (χ4n) is 3.05. The van der Waals surface area contributed by atoms with Crippen molar-refractivity contribution in [2.45, 2.75) is 13.1 Å². The molecule has 0 saturated carbocycles. The number of nitrogens with zero attached hydrogens (tertiary/aromatic N) is 4. The van der Waals surface area contributed by atoms with Crippen molar-refractivity contribution in [3.63, 3.8) is 0 Å². The van der Waals surface area contributed by atoms with E-state index < -0.39 is 0 Å². The third-order valence-corrected chi connectivity index (χ3v) is 4.34. The SMILES string of the molecule is COc1ccccc1-n1cc(C(=O)N2CCn3cccc3C2)cn1. The smallest absolute Gasteiger partial charge is 0.257 e. The minimum atomic E-state index is 0.00333. The highest BCUT2D eigenvalue weighted by molar-refractivity contribution is 5.93. The van der Waals surface area contributed by atoms with Crippen molar-refractivity contribution in [2.75, 3.05) is 13.7 Å². The first-order chi connectivity index (χ1) is 11.8. The van der Waals surface area contributed by atoms with Crippen LogP contribution in [0, 0.1) is 0 Å². The molecule has 6 nitrogen and oxygen atoms in total. The molecule has 3 heterocycles. The molecule has 6 heteroatoms. The Labute approximate surface area is 139 Å². The maximum atomic E-state index is 12.8. The summed E-state index contributed by atoms with van der Waals surface area (Å²) in [7, 11) is 1.62. The zero-order valence-corrected chi connectivity index (χ0v) is 13.4. The van der Waals surface area contributed by atoms with Crippen molar-refractivity contribution in [1.82, 2.24) is 19.2 Å². The lowest BCUT2D eigenvalue weighted by Crippen LogP contribution is -2.37. The van der Waals surface area contributed by atoms with E-state index in [9.17, 15) is 4.79 Å². The number of amides is 1. The van der Waals surface area contributed by atoms with Crippen molar-refractivity contribution < 1.29 is 9.53 Å². The number of ether oxygens (including phenoxy) is 1. The van der Waals surface area contributed by atoms with Crippen LogP contribution in [-0.2, 0) is 13.1 Å². The largest absolute Gasteiger partial charge is 0.494 e. The number of carbonyl (C=O) groups excluding carboxylic acids is 1. The number of methoxy groups -OCH3 is 1. The van der Waals surface area contributed by atoms with Crippen LogP contribution in [0.5, 0.6) is 5.75 Å². The highest BCUT2D eigenvalue weighted by Crippen LogP contribution is 2.22. The molecular weight excluding hydrogens is 304 g/mol. The van der Waals surface area contributed by atoms with Crippen LogP contribution in [-0.4, -0.2) is 38.8 Å². The number of aromatic nitrogens is 3. The number of hydrogen-bond donors (Lipinski definition) is 0. The summed E-state index contributed by atoms with van der Waals surface area (Å²) >= 11 is 0. The molecule has 3 aromatic rings. The van der Waals surface area contributed by atoms with Gasteiger partial charge in [0.1, 0.15) is 11.4 Å². The Kier molecular flexibility index (Phi) is 3.57. The Bertz CT molecular complexity index is 881. The summed E-state index contributed by atoms with van der Waals surface area (Å²) in [6, 6.07) is 11.7. The summed E-state index contributed by atoms with van der Waals surface area (Å²) in [6.45, 7) is 2.17. The first-order valence-corrected chi connectivity index (χ1v) is 7.87. The highest BCUT2D eigenvalue weighted by Gasteiger charge is 2.22. The fourth-order valence-corrected chi connectivity index (χ4v) is 3.05. The molecule has 1 amide bonds. The Morgan fingerprint density at radius 3 is 2.92 bits per heavy atom. The number of fused-ring (bicyclic) bond motifs is 1. The summed E-state index contributed by atoms with van der Waals surface area (Å²) in [5, 5.41) is 4.33. The summed E-state index contributed by atoms with van der Waals surface area (Å²) in [5.41, 5.74) is 2.55. The van der Waals surface area contributed by atoms with Gasteiger partial charge in [0.2, 0.25) is 0 Å². The molecule has 0 radical (unpaired) electrons. The molecule has 122 valence electrons. The lowest BCUT2D eigenvalue weighted by Gasteiger charge is -2.28. The van der Waals surface area contributed by atoms with Crippen LogP contribution >= 0.6 is 0 Å². The number of hydrogen-bond acceptors (Lipinski definition) is 3. The molecule has 0 N–H and O–H groups in total. The molecule has 2 aromatic heterocycles. The standard InChI is InChI=1S/C18H18N4O2/c1-24-17-7-3-2-6-16(17)22-12-14(11-19-22)18(23)21-10-9-20-8-4-5-15(20)13-21/h2-8,11-12H,9-10,13H2,1H3. The molecule has 24 heavy (non-hydrogen) atoms. The van der Waals surface area contributed by atoms with Gasteiger partial charge in [0.15, 0.2) is 0 Å². The van der Waals surface area contributed by atoms with Gasteiger partial charge in [0.05, 0.1) is 25.4 Å². The Morgan fingerprint density at radius 1 is 1.17 bits per heavy atom. The third kappa shape index (κ3) is 2.46. The first kappa shape index (κ1) is 14.6. The van der Waals surface area contributed by atoms with Crippen molar-refractivity contribution in [2.24, 2.45) is 0 Å². The van der Waals surface area contributed by atoms with Gasteiger partial charge in [0, 0.05) is 31.2 Å². The minimum Gasteiger partial charge on any atom is -0.494 e. The number of rotatable bonds is 3. The van der Waals surface area contributed by atoms with E-state index in [0.717, 1.165) is 23.7 Å². The van der Waals surface area contributed by atoms with Gasteiger partial charge in [-0.3, -0.25) is 4.79 Å². The quantitative estimate of drug-likeness (QED) is 0.744. The van der Waals surface area contributed by atoms with Gasteiger partial charge in [-0.15, -0.1) is 0 Å². The zero-order chi connectivity index (χ0) is 16.5. The molecule has 1 aliphatic rings. The van der Waals surface area contributed by atoms with E-state index in [-0.39, 0.29) is 5.91 Å². The molecular formula is C18H18N4O2. The van der Waals surface area contributed by atoms with E-state index in [0.29, 0.717) is 18.7 Å². The molecule has 0 bridgehead atoms. The normalized spacial score (nSPS) is 13.6. The first-order valence-electron chi connectivity index (χ1n) is 7.87. The van der Waals surface area contributed by atoms with Gasteiger partial charge >= 0.3 is 0 Å². The van der Waals surface area contributed by atoms with Crippen LogP contribution in [0.2, 0.25) is 0 Å². The van der Waals surface area contributed by atoms with E-state index in [1.165, 1.54) is 0 Å². The molecule has 4 rings (SSSR count). The van der Waals surface area contributed by atoms with Crippen LogP contribution in [0.1, 0.15) is 16.1 Å². The molecule has 1 aromatic carbocycles. The van der Waals surface area contributed by atoms with Gasteiger partial charge in [-0.05, 0) is 24.3 Å². The Hall–Kier alpha value is -3.02. The second-order valence-corrected chi connectivity index (χ2v) is 5.77. The molecule has 0 spiro atoms. The van der Waals surface area contributed by atoms with Gasteiger partial charge in [-0.1, -0.05) is 12.1 Å². The molecule has 0 aliphatic carbocycles. The number of benzene rings is 1. The van der Waals surface area contributed by atoms with Crippen LogP contribution < -0.4 is 4.74 Å². The topological polar surface area (TPSA) is 52.3 Å². The Balaban J connectivity index is 1.58. The molecule has 0 atom stereocenters. The Morgan fingerprint density at radius 2 is 2.04 bits per heavy atom. The van der Waals surface area contributed by atoms with Crippen molar-refractivity contribution in [3.05, 3.63) is 66.2 Å². The summed E-state index contributed by atoms with van der Waals surface area (Å²) < 4.78 is 9.22. The molecule has 0 fully saturated rings. The van der Waals surface area contributed by atoms with Gasteiger partial charge in [-0.2, -0.15) is 5.10 Å². The molecule has 0 saturated heterocycles. The average Bonchev–Trinajstić information content (AvgIpc) is 3.29. The maximum absolute atomic E-state index is 12.8. The van der Waals surface area contributed by atoms with Crippen LogP contribution in [0.3, 0.4) is 0 Å². The fraction of sp³-hybridized carbons (Fsp3) is 0.222. The zero-order valence-electron chi connectivity index (χ0n) is 13.4. The molecule has 1 aliphatic heterocycles. The number of carbonyl (C=O) groups is 1. The van der Waals surface area contributed by atoms with E-state index in [1.54, 1.807) is 24.2 Å². The van der Waals surface area contributed by atoms with Crippen molar-refractivity contribution in [1.29, 1.82) is 0 Å². The van der Waals surface area contributed by atoms with Crippen LogP contribution in [0.15, 0.2) is 55.0 Å².